The summed E-state index contributed by atoms with van der Waals surface area (Å²) in [5.41, 5.74) is 1.61. The predicted octanol–water partition coefficient (Wildman–Crippen LogP) is 4.51. The van der Waals surface area contributed by atoms with Crippen molar-refractivity contribution in [2.45, 2.75) is 37.9 Å². The lowest BCUT2D eigenvalue weighted by Gasteiger charge is -2.23. The van der Waals surface area contributed by atoms with Crippen LogP contribution in [0.3, 0.4) is 0 Å². The van der Waals surface area contributed by atoms with E-state index < -0.39 is 27.7 Å². The van der Waals surface area contributed by atoms with E-state index in [2.05, 4.69) is 11.3 Å². The molecule has 0 atom stereocenters. The molecule has 0 saturated carbocycles. The molecular formula is C22H24F3N3O4S. The molecule has 0 amide bonds. The van der Waals surface area contributed by atoms with Crippen LogP contribution >= 0.6 is 0 Å². The molecule has 0 aromatic heterocycles. The van der Waals surface area contributed by atoms with Crippen LogP contribution in [0.15, 0.2) is 76.8 Å². The average Bonchev–Trinajstić information content (AvgIpc) is 2.72. The highest BCUT2D eigenvalue weighted by molar-refractivity contribution is 7.92. The molecule has 0 fully saturated rings. The van der Waals surface area contributed by atoms with E-state index in [0.29, 0.717) is 34.5 Å². The fraction of sp³-hybridized carbons (Fsp3) is 0.227. The van der Waals surface area contributed by atoms with Crippen molar-refractivity contribution in [3.63, 3.8) is 0 Å². The second-order valence-electron chi connectivity index (χ2n) is 7.37. The Morgan fingerprint density at radius 2 is 1.64 bits per heavy atom. The van der Waals surface area contributed by atoms with Crippen molar-refractivity contribution in [1.82, 2.24) is 5.01 Å². The monoisotopic (exact) mass is 483 g/mol. The van der Waals surface area contributed by atoms with Gasteiger partial charge in [-0.2, -0.15) is 13.2 Å². The number of alkyl halides is 3. The summed E-state index contributed by atoms with van der Waals surface area (Å²) in [6.07, 6.45) is -4.78. The van der Waals surface area contributed by atoms with Gasteiger partial charge < -0.3 is 10.1 Å². The van der Waals surface area contributed by atoms with E-state index in [1.807, 2.05) is 0 Å². The normalized spacial score (nSPS) is 12.7. The van der Waals surface area contributed by atoms with E-state index in [1.165, 1.54) is 17.1 Å². The summed E-state index contributed by atoms with van der Waals surface area (Å²) in [6, 6.07) is 9.39. The van der Waals surface area contributed by atoms with Crippen molar-refractivity contribution >= 4 is 21.7 Å². The Balaban J connectivity index is 2.13. The maximum absolute atomic E-state index is 12.7. The fourth-order valence-corrected chi connectivity index (χ4v) is 4.00. The molecule has 0 unspecified atom stereocenters. The quantitative estimate of drug-likeness (QED) is 0.275. The van der Waals surface area contributed by atoms with Crippen molar-refractivity contribution < 1.29 is 31.5 Å². The second kappa shape index (κ2) is 10.1. The number of carbonyl (C=O) groups is 1. The molecule has 178 valence electrons. The highest BCUT2D eigenvalue weighted by Gasteiger charge is 2.30. The molecule has 2 aromatic rings. The number of nitrogens with two attached hydrogens (primary N) is 1. The Bertz CT molecular complexity index is 1160. The topological polar surface area (TPSA) is 113 Å². The standard InChI is InChI=1S/C22H24F3N3O4S/c1-14(2)20(12-21(29)30)15(3)28(26)13-16-4-8-18(9-5-16)27-33(31,32)19-10-6-17(7-11-19)22(23,24)25/h4-11,27H,1,12-13,26H2,2-3H3,(H,29,30)/b20-15-. The molecular weight excluding hydrogens is 459 g/mol. The van der Waals surface area contributed by atoms with Crippen LogP contribution in [0.1, 0.15) is 31.4 Å². The molecule has 0 aliphatic heterocycles. The molecule has 0 saturated heterocycles. The van der Waals surface area contributed by atoms with Crippen LogP contribution in [0.25, 0.3) is 0 Å². The van der Waals surface area contributed by atoms with Gasteiger partial charge in [0.1, 0.15) is 0 Å². The van der Waals surface area contributed by atoms with Crippen LogP contribution in [0.2, 0.25) is 0 Å². The van der Waals surface area contributed by atoms with Crippen LogP contribution in [0.5, 0.6) is 0 Å². The molecule has 33 heavy (non-hydrogen) atoms. The molecule has 0 aliphatic rings. The zero-order valence-corrected chi connectivity index (χ0v) is 18.8. The summed E-state index contributed by atoms with van der Waals surface area (Å²) in [6.45, 7) is 7.37. The largest absolute Gasteiger partial charge is 0.481 e. The van der Waals surface area contributed by atoms with Gasteiger partial charge >= 0.3 is 12.1 Å². The molecule has 0 heterocycles. The fourth-order valence-electron chi connectivity index (χ4n) is 2.94. The summed E-state index contributed by atoms with van der Waals surface area (Å²) in [7, 11) is -4.08. The molecule has 11 heteroatoms. The number of halogens is 3. The van der Waals surface area contributed by atoms with E-state index in [1.54, 1.807) is 26.0 Å². The second-order valence-corrected chi connectivity index (χ2v) is 9.05. The van der Waals surface area contributed by atoms with Crippen molar-refractivity contribution in [2.24, 2.45) is 5.84 Å². The van der Waals surface area contributed by atoms with Gasteiger partial charge in [-0.15, -0.1) is 0 Å². The van der Waals surface area contributed by atoms with E-state index >= 15 is 0 Å². The number of anilines is 1. The van der Waals surface area contributed by atoms with E-state index in [9.17, 15) is 26.4 Å². The van der Waals surface area contributed by atoms with Gasteiger partial charge in [0.05, 0.1) is 23.4 Å². The predicted molar refractivity (Wildman–Crippen MR) is 118 cm³/mol. The zero-order chi connectivity index (χ0) is 25.0. The molecule has 0 radical (unpaired) electrons. The third-order valence-electron chi connectivity index (χ3n) is 4.76. The average molecular weight is 484 g/mol. The van der Waals surface area contributed by atoms with Gasteiger partial charge in [0.25, 0.3) is 10.0 Å². The number of carboxylic acids is 1. The number of nitrogens with zero attached hydrogens (tertiary/aromatic N) is 1. The Morgan fingerprint density at radius 1 is 1.09 bits per heavy atom. The van der Waals surface area contributed by atoms with Gasteiger partial charge in [-0.25, -0.2) is 14.3 Å². The first-order valence-electron chi connectivity index (χ1n) is 9.59. The summed E-state index contributed by atoms with van der Waals surface area (Å²) >= 11 is 0. The Hall–Kier alpha value is -3.31. The maximum Gasteiger partial charge on any atom is 0.416 e. The number of rotatable bonds is 9. The van der Waals surface area contributed by atoms with Gasteiger partial charge in [-0.05, 0) is 61.4 Å². The maximum atomic E-state index is 12.7. The van der Waals surface area contributed by atoms with Crippen molar-refractivity contribution in [3.8, 4) is 0 Å². The van der Waals surface area contributed by atoms with Gasteiger partial charge in [0.15, 0.2) is 0 Å². The zero-order valence-electron chi connectivity index (χ0n) is 18.0. The van der Waals surface area contributed by atoms with Crippen LogP contribution < -0.4 is 10.6 Å². The van der Waals surface area contributed by atoms with Gasteiger partial charge in [-0.3, -0.25) is 9.52 Å². The first-order valence-corrected chi connectivity index (χ1v) is 11.1. The lowest BCUT2D eigenvalue weighted by Crippen LogP contribution is -2.30. The minimum atomic E-state index is -4.56. The Labute approximate surface area is 190 Å². The third kappa shape index (κ3) is 7.09. The number of allylic oxidation sites excluding steroid dienone is 2. The van der Waals surface area contributed by atoms with E-state index in [4.69, 9.17) is 10.9 Å². The summed E-state index contributed by atoms with van der Waals surface area (Å²) in [4.78, 5) is 10.8. The van der Waals surface area contributed by atoms with Crippen LogP contribution in [-0.4, -0.2) is 24.5 Å². The van der Waals surface area contributed by atoms with Crippen molar-refractivity contribution in [1.29, 1.82) is 0 Å². The number of hydrazine groups is 1. The molecule has 0 aliphatic carbocycles. The van der Waals surface area contributed by atoms with Crippen molar-refractivity contribution in [2.75, 3.05) is 4.72 Å². The smallest absolute Gasteiger partial charge is 0.416 e. The molecule has 0 bridgehead atoms. The van der Waals surface area contributed by atoms with Crippen LogP contribution in [0.4, 0.5) is 18.9 Å². The van der Waals surface area contributed by atoms with Crippen LogP contribution in [0, 0.1) is 0 Å². The first-order chi connectivity index (χ1) is 15.2. The van der Waals surface area contributed by atoms with Gasteiger partial charge in [0, 0.05) is 11.4 Å². The highest BCUT2D eigenvalue weighted by atomic mass is 32.2. The molecule has 7 nitrogen and oxygen atoms in total. The lowest BCUT2D eigenvalue weighted by atomic mass is 10.0. The Morgan fingerprint density at radius 3 is 2.09 bits per heavy atom. The number of carboxylic acid groups (broad SMARTS) is 1. The van der Waals surface area contributed by atoms with E-state index in [0.717, 1.165) is 12.1 Å². The highest BCUT2D eigenvalue weighted by Crippen LogP contribution is 2.30. The minimum absolute atomic E-state index is 0.211. The summed E-state index contributed by atoms with van der Waals surface area (Å²) in [5.74, 6) is 5.06. The SMILES string of the molecule is C=C(C)/C(CC(=O)O)=C(/C)N(N)Cc1ccc(NS(=O)(=O)c2ccc(C(F)(F)F)cc2)cc1. The number of nitrogens with one attached hydrogen (secondary N) is 1. The summed E-state index contributed by atoms with van der Waals surface area (Å²) < 4.78 is 65.2. The van der Waals surface area contributed by atoms with E-state index in [-0.39, 0.29) is 23.5 Å². The van der Waals surface area contributed by atoms with Gasteiger partial charge in [-0.1, -0.05) is 24.3 Å². The van der Waals surface area contributed by atoms with Crippen molar-refractivity contribution in [3.05, 3.63) is 83.1 Å². The Kier molecular flexibility index (Phi) is 7.93. The lowest BCUT2D eigenvalue weighted by molar-refractivity contribution is -0.138. The molecule has 2 aromatic carbocycles. The molecule has 0 spiro atoms. The van der Waals surface area contributed by atoms with Crippen LogP contribution in [-0.2, 0) is 27.5 Å². The number of sulfonamides is 1. The minimum Gasteiger partial charge on any atom is -0.481 e. The number of hydrogen-bond donors (Lipinski definition) is 3. The third-order valence-corrected chi connectivity index (χ3v) is 6.16. The van der Waals surface area contributed by atoms with Gasteiger partial charge in [0.2, 0.25) is 0 Å². The first kappa shape index (κ1) is 25.9. The number of hydrogen-bond acceptors (Lipinski definition) is 5. The summed E-state index contributed by atoms with van der Waals surface area (Å²) in [5, 5.41) is 10.4. The molecule has 2 rings (SSSR count). The number of aliphatic carboxylic acids is 1. The number of benzene rings is 2. The molecule has 4 N–H and O–H groups in total.